The topological polar surface area (TPSA) is 78.5 Å². The Bertz CT molecular complexity index is 837. The fourth-order valence-corrected chi connectivity index (χ4v) is 4.20. The van der Waals surface area contributed by atoms with E-state index in [-0.39, 0.29) is 9.90 Å². The van der Waals surface area contributed by atoms with E-state index in [0.717, 1.165) is 27.8 Å². The quantitative estimate of drug-likeness (QED) is 0.740. The summed E-state index contributed by atoms with van der Waals surface area (Å²) >= 11 is 0.998. The maximum Gasteiger partial charge on any atom is 0.418 e. The maximum absolute atomic E-state index is 12.9. The molecule has 2 N–H and O–H groups in total. The fourth-order valence-electron chi connectivity index (χ4n) is 1.87. The van der Waals surface area contributed by atoms with Crippen LogP contribution in [0.15, 0.2) is 46.0 Å². The number of anilines is 1. The molecule has 0 saturated carbocycles. The van der Waals surface area contributed by atoms with Crippen LogP contribution < -0.4 is 10.9 Å². The second-order valence-electron chi connectivity index (χ2n) is 4.91. The zero-order valence-corrected chi connectivity index (χ0v) is 14.5. The number of halogens is 3. The summed E-state index contributed by atoms with van der Waals surface area (Å²) in [6, 6.07) is 7.55. The summed E-state index contributed by atoms with van der Waals surface area (Å²) in [6.45, 7) is -0.554. The summed E-state index contributed by atoms with van der Waals surface area (Å²) in [5.74, 6) is -0.806. The van der Waals surface area contributed by atoms with Crippen LogP contribution in [0.2, 0.25) is 0 Å². The van der Waals surface area contributed by atoms with Gasteiger partial charge in [0.1, 0.15) is 4.21 Å². The van der Waals surface area contributed by atoms with Crippen LogP contribution in [0.3, 0.4) is 0 Å². The zero-order chi connectivity index (χ0) is 18.7. The number of likely N-dealkylation sites (N-methyl/N-ethyl adjacent to an activating group) is 1. The Balaban J connectivity index is 2.00. The predicted molar refractivity (Wildman–Crippen MR) is 87.3 cm³/mol. The number of hydrazine groups is 1. The van der Waals surface area contributed by atoms with Gasteiger partial charge in [-0.05, 0) is 23.6 Å². The lowest BCUT2D eigenvalue weighted by molar-refractivity contribution is -0.137. The number of hydrogen-bond acceptors (Lipinski definition) is 5. The molecule has 0 saturated heterocycles. The largest absolute Gasteiger partial charge is 0.418 e. The SMILES string of the molecule is CN(CC(=O)NNc1ccccc1C(F)(F)F)S(=O)(=O)c1cccs1. The van der Waals surface area contributed by atoms with Gasteiger partial charge in [0.05, 0.1) is 17.8 Å². The Labute approximate surface area is 146 Å². The molecule has 2 rings (SSSR count). The van der Waals surface area contributed by atoms with E-state index in [4.69, 9.17) is 0 Å². The highest BCUT2D eigenvalue weighted by Gasteiger charge is 2.33. The van der Waals surface area contributed by atoms with Crippen LogP contribution in [0.1, 0.15) is 5.56 Å². The molecule has 0 aliphatic carbocycles. The van der Waals surface area contributed by atoms with E-state index in [1.807, 2.05) is 0 Å². The number of thiophene rings is 1. The van der Waals surface area contributed by atoms with E-state index in [2.05, 4.69) is 10.9 Å². The molecule has 0 atom stereocenters. The van der Waals surface area contributed by atoms with Gasteiger partial charge in [-0.25, -0.2) is 8.42 Å². The van der Waals surface area contributed by atoms with Gasteiger partial charge in [-0.3, -0.25) is 15.6 Å². The molecule has 136 valence electrons. The Morgan fingerprint density at radius 2 is 1.88 bits per heavy atom. The lowest BCUT2D eigenvalue weighted by Crippen LogP contribution is -2.40. The molecule has 0 fully saturated rings. The summed E-state index contributed by atoms with van der Waals surface area (Å²) in [5, 5.41) is 1.58. The second-order valence-corrected chi connectivity index (χ2v) is 8.13. The number of amides is 1. The Morgan fingerprint density at radius 3 is 2.48 bits per heavy atom. The minimum atomic E-state index is -4.59. The molecule has 1 amide bonds. The highest BCUT2D eigenvalue weighted by Crippen LogP contribution is 2.34. The van der Waals surface area contributed by atoms with Crippen molar-refractivity contribution in [3.05, 3.63) is 47.3 Å². The van der Waals surface area contributed by atoms with Gasteiger partial charge in [0, 0.05) is 7.05 Å². The zero-order valence-electron chi connectivity index (χ0n) is 12.9. The van der Waals surface area contributed by atoms with E-state index < -0.39 is 34.2 Å². The molecule has 0 bridgehead atoms. The van der Waals surface area contributed by atoms with Crippen molar-refractivity contribution in [1.29, 1.82) is 0 Å². The third-order valence-electron chi connectivity index (χ3n) is 3.09. The monoisotopic (exact) mass is 393 g/mol. The van der Waals surface area contributed by atoms with Gasteiger partial charge in [-0.15, -0.1) is 11.3 Å². The molecular formula is C14H14F3N3O3S2. The van der Waals surface area contributed by atoms with E-state index in [0.29, 0.717) is 0 Å². The summed E-state index contributed by atoms with van der Waals surface area (Å²) in [5.41, 5.74) is 2.95. The third-order valence-corrected chi connectivity index (χ3v) is 6.27. The number of para-hydroxylation sites is 1. The molecule has 11 heteroatoms. The molecular weight excluding hydrogens is 379 g/mol. The van der Waals surface area contributed by atoms with Crippen LogP contribution in [0.4, 0.5) is 18.9 Å². The molecule has 25 heavy (non-hydrogen) atoms. The van der Waals surface area contributed by atoms with Crippen LogP contribution >= 0.6 is 11.3 Å². The minimum Gasteiger partial charge on any atom is -0.298 e. The Kier molecular flexibility index (Phi) is 5.70. The van der Waals surface area contributed by atoms with Crippen LogP contribution in [-0.4, -0.2) is 32.2 Å². The van der Waals surface area contributed by atoms with Crippen molar-refractivity contribution in [3.63, 3.8) is 0 Å². The highest BCUT2D eigenvalue weighted by atomic mass is 32.2. The molecule has 6 nitrogen and oxygen atoms in total. The van der Waals surface area contributed by atoms with Crippen LogP contribution in [-0.2, 0) is 21.0 Å². The first kappa shape index (κ1) is 19.2. The highest BCUT2D eigenvalue weighted by molar-refractivity contribution is 7.91. The van der Waals surface area contributed by atoms with Crippen molar-refractivity contribution in [2.75, 3.05) is 19.0 Å². The number of carbonyl (C=O) groups excluding carboxylic acids is 1. The van der Waals surface area contributed by atoms with Gasteiger partial charge in [0.25, 0.3) is 15.9 Å². The average Bonchev–Trinajstić information content (AvgIpc) is 3.07. The minimum absolute atomic E-state index is 0.0678. The molecule has 2 aromatic rings. The van der Waals surface area contributed by atoms with Crippen molar-refractivity contribution in [3.8, 4) is 0 Å². The number of nitrogens with one attached hydrogen (secondary N) is 2. The lowest BCUT2D eigenvalue weighted by Gasteiger charge is -2.18. The average molecular weight is 393 g/mol. The number of carbonyl (C=O) groups is 1. The second kappa shape index (κ2) is 7.42. The van der Waals surface area contributed by atoms with Crippen molar-refractivity contribution in [1.82, 2.24) is 9.73 Å². The maximum atomic E-state index is 12.9. The van der Waals surface area contributed by atoms with E-state index in [1.165, 1.54) is 25.2 Å². The summed E-state index contributed by atoms with van der Waals surface area (Å²) in [7, 11) is -2.62. The van der Waals surface area contributed by atoms with Crippen LogP contribution in [0, 0.1) is 0 Å². The first-order valence-corrected chi connectivity index (χ1v) is 9.15. The molecule has 0 unspecified atom stereocenters. The first-order valence-electron chi connectivity index (χ1n) is 6.83. The number of sulfonamides is 1. The first-order chi connectivity index (χ1) is 11.6. The van der Waals surface area contributed by atoms with Crippen molar-refractivity contribution in [2.24, 2.45) is 0 Å². The predicted octanol–water partition coefficient (Wildman–Crippen LogP) is 2.53. The van der Waals surface area contributed by atoms with E-state index in [1.54, 1.807) is 11.4 Å². The Morgan fingerprint density at radius 1 is 1.20 bits per heavy atom. The normalized spacial score (nSPS) is 12.2. The molecule has 1 heterocycles. The number of rotatable bonds is 6. The smallest absolute Gasteiger partial charge is 0.298 e. The van der Waals surface area contributed by atoms with Crippen LogP contribution in [0.25, 0.3) is 0 Å². The van der Waals surface area contributed by atoms with Crippen LogP contribution in [0.5, 0.6) is 0 Å². The molecule has 0 aliphatic heterocycles. The summed E-state index contributed by atoms with van der Waals surface area (Å²) < 4.78 is 63.8. The van der Waals surface area contributed by atoms with Gasteiger partial charge in [-0.2, -0.15) is 17.5 Å². The van der Waals surface area contributed by atoms with Gasteiger partial charge in [0.15, 0.2) is 0 Å². The molecule has 1 aromatic carbocycles. The third kappa shape index (κ3) is 4.71. The summed E-state index contributed by atoms with van der Waals surface area (Å²) in [6.07, 6.45) is -4.59. The van der Waals surface area contributed by atoms with E-state index >= 15 is 0 Å². The van der Waals surface area contributed by atoms with Crippen molar-refractivity contribution < 1.29 is 26.4 Å². The molecule has 1 aromatic heterocycles. The van der Waals surface area contributed by atoms with E-state index in [9.17, 15) is 26.4 Å². The molecule has 0 aliphatic rings. The van der Waals surface area contributed by atoms with Crippen molar-refractivity contribution >= 4 is 33.0 Å². The van der Waals surface area contributed by atoms with Crippen molar-refractivity contribution in [2.45, 2.75) is 10.4 Å². The number of hydrogen-bond donors (Lipinski definition) is 2. The molecule has 0 radical (unpaired) electrons. The van der Waals surface area contributed by atoms with Gasteiger partial charge in [-0.1, -0.05) is 18.2 Å². The lowest BCUT2D eigenvalue weighted by atomic mass is 10.2. The Hall–Kier alpha value is -2.11. The standard InChI is InChI=1S/C14H14F3N3O3S2/c1-20(25(22,23)13-7-4-8-24-13)9-12(21)19-18-11-6-3-2-5-10(11)14(15,16)17/h2-8,18H,9H2,1H3,(H,19,21). The molecule has 0 spiro atoms. The van der Waals surface area contributed by atoms with Gasteiger partial charge in [0.2, 0.25) is 0 Å². The fraction of sp³-hybridized carbons (Fsp3) is 0.214. The number of nitrogens with zero attached hydrogens (tertiary/aromatic N) is 1. The van der Waals surface area contributed by atoms with Gasteiger partial charge >= 0.3 is 6.18 Å². The number of benzene rings is 1. The number of alkyl halides is 3. The summed E-state index contributed by atoms with van der Waals surface area (Å²) in [4.78, 5) is 11.8. The van der Waals surface area contributed by atoms with Gasteiger partial charge < -0.3 is 0 Å².